The van der Waals surface area contributed by atoms with Crippen LogP contribution in [0.25, 0.3) is 10.9 Å². The van der Waals surface area contributed by atoms with E-state index < -0.39 is 23.4 Å². The number of anilines is 1. The lowest BCUT2D eigenvalue weighted by Crippen LogP contribution is -2.45. The van der Waals surface area contributed by atoms with Gasteiger partial charge in [-0.1, -0.05) is 0 Å². The first-order valence-corrected chi connectivity index (χ1v) is 6.46. The van der Waals surface area contributed by atoms with Gasteiger partial charge >= 0.3 is 0 Å². The van der Waals surface area contributed by atoms with Crippen LogP contribution < -0.4 is 16.6 Å². The van der Waals surface area contributed by atoms with Gasteiger partial charge in [0.1, 0.15) is 11.8 Å². The van der Waals surface area contributed by atoms with E-state index in [2.05, 4.69) is 10.3 Å². The Kier molecular flexibility index (Phi) is 2.70. The fourth-order valence-corrected chi connectivity index (χ4v) is 2.45. The lowest BCUT2D eigenvalue weighted by Gasteiger charge is -2.24. The van der Waals surface area contributed by atoms with Gasteiger partial charge in [-0.15, -0.1) is 0 Å². The van der Waals surface area contributed by atoms with Crippen LogP contribution >= 0.6 is 0 Å². The number of carbonyl (C=O) groups excluding carboxylic acids is 2. The average Bonchev–Trinajstić information content (AvgIpc) is 2.43. The Labute approximate surface area is 121 Å². The zero-order chi connectivity index (χ0) is 16.1. The van der Waals surface area contributed by atoms with E-state index in [-0.39, 0.29) is 24.1 Å². The second kappa shape index (κ2) is 4.69. The molecule has 0 radical (unpaired) electrons. The number of piperidine rings is 1. The largest absolute Gasteiger partial charge is 0.399 e. The number of hydrogen-bond donors (Lipinski definition) is 2. The number of nitrogens with zero attached hydrogens (tertiary/aromatic N) is 2. The molecule has 2 aromatic rings. The predicted octanol–water partition coefficient (Wildman–Crippen LogP) is 0.265. The molecule has 1 aromatic heterocycles. The lowest BCUT2D eigenvalue weighted by atomic mass is 10.1. The van der Waals surface area contributed by atoms with Gasteiger partial charge in [-0.2, -0.15) is 0 Å². The van der Waals surface area contributed by atoms with Crippen molar-refractivity contribution in [2.45, 2.75) is 25.8 Å². The number of amides is 2. The second-order valence-electron chi connectivity index (χ2n) is 4.90. The van der Waals surface area contributed by atoms with Crippen molar-refractivity contribution in [3.05, 3.63) is 34.4 Å². The van der Waals surface area contributed by atoms with Crippen LogP contribution in [0.2, 0.25) is 0 Å². The number of nitrogens with two attached hydrogens (primary N) is 1. The van der Waals surface area contributed by atoms with E-state index in [4.69, 9.17) is 7.10 Å². The Balaban J connectivity index is 2.27. The Morgan fingerprint density at radius 2 is 2.19 bits per heavy atom. The van der Waals surface area contributed by atoms with Crippen LogP contribution in [0.4, 0.5) is 5.69 Å². The minimum Gasteiger partial charge on any atom is -0.399 e. The maximum Gasteiger partial charge on any atom is 0.262 e. The highest BCUT2D eigenvalue weighted by molar-refractivity contribution is 5.99. The van der Waals surface area contributed by atoms with Gasteiger partial charge in [0.25, 0.3) is 5.56 Å². The van der Waals surface area contributed by atoms with E-state index >= 15 is 0 Å². The van der Waals surface area contributed by atoms with E-state index in [1.807, 2.05) is 0 Å². The molecule has 2 heterocycles. The molecule has 0 spiro atoms. The summed E-state index contributed by atoms with van der Waals surface area (Å²) in [4.78, 5) is 40.3. The van der Waals surface area contributed by atoms with E-state index in [1.54, 1.807) is 19.1 Å². The Morgan fingerprint density at radius 1 is 1.43 bits per heavy atom. The molecule has 21 heavy (non-hydrogen) atoms. The van der Waals surface area contributed by atoms with E-state index in [0.29, 0.717) is 11.2 Å². The number of imide groups is 1. The zero-order valence-electron chi connectivity index (χ0n) is 12.3. The molecule has 0 bridgehead atoms. The van der Waals surface area contributed by atoms with Crippen LogP contribution in [-0.2, 0) is 9.59 Å². The number of nitrogen functional groups attached to an aromatic ring is 1. The van der Waals surface area contributed by atoms with E-state index in [9.17, 15) is 14.4 Å². The molecule has 1 aromatic carbocycles. The van der Waals surface area contributed by atoms with Crippen molar-refractivity contribution in [3.63, 3.8) is 0 Å². The maximum absolute atomic E-state index is 12.7. The van der Waals surface area contributed by atoms with Crippen LogP contribution in [-0.4, -0.2) is 21.4 Å². The van der Waals surface area contributed by atoms with Gasteiger partial charge in [-0.05, 0) is 31.5 Å². The molecular formula is C14H14N4O3. The molecule has 2 amide bonds. The second-order valence-corrected chi connectivity index (χ2v) is 4.90. The number of nitrogens with one attached hydrogen (secondary N) is 1. The Morgan fingerprint density at radius 3 is 2.90 bits per heavy atom. The maximum atomic E-state index is 12.7. The third kappa shape index (κ3) is 2.16. The molecule has 1 aliphatic rings. The first-order valence-electron chi connectivity index (χ1n) is 6.96. The van der Waals surface area contributed by atoms with Gasteiger partial charge in [0.2, 0.25) is 11.8 Å². The van der Waals surface area contributed by atoms with Gasteiger partial charge in [0, 0.05) is 12.1 Å². The molecule has 1 fully saturated rings. The molecule has 1 saturated heterocycles. The smallest absolute Gasteiger partial charge is 0.262 e. The molecule has 1 atom stereocenters. The third-order valence-corrected chi connectivity index (χ3v) is 3.43. The Bertz CT molecular complexity index is 876. The first kappa shape index (κ1) is 12.1. The van der Waals surface area contributed by atoms with Crippen molar-refractivity contribution in [2.75, 3.05) is 5.73 Å². The summed E-state index contributed by atoms with van der Waals surface area (Å²) in [6, 6.07) is 2.77. The molecule has 108 valence electrons. The number of aryl methyl sites for hydroxylation is 1. The Hall–Kier alpha value is -2.70. The number of hydrogen-bond acceptors (Lipinski definition) is 5. The van der Waals surface area contributed by atoms with E-state index in [1.165, 1.54) is 6.07 Å². The van der Waals surface area contributed by atoms with Crippen molar-refractivity contribution in [2.24, 2.45) is 0 Å². The quantitative estimate of drug-likeness (QED) is 0.578. The summed E-state index contributed by atoms with van der Waals surface area (Å²) in [5.74, 6) is -1.03. The standard InChI is InChI=1S/C14H14N4O3/c1-7-16-10-6-8(15)2-3-9(10)14(21)18(7)11-4-5-12(19)17-13(11)20/h2-3,6,11H,4-5,15H2,1H3,(H,17,19,20)/t11-/m1/s1/i11D. The fraction of sp³-hybridized carbons (Fsp3) is 0.286. The molecular weight excluding hydrogens is 272 g/mol. The highest BCUT2D eigenvalue weighted by Crippen LogP contribution is 2.20. The van der Waals surface area contributed by atoms with Crippen LogP contribution in [0.3, 0.4) is 0 Å². The summed E-state index contributed by atoms with van der Waals surface area (Å²) in [6.45, 7) is 1.55. The van der Waals surface area contributed by atoms with Crippen molar-refractivity contribution in [1.29, 1.82) is 0 Å². The summed E-state index contributed by atoms with van der Waals surface area (Å²) in [6.07, 6.45) is -0.0680. The summed E-state index contributed by atoms with van der Waals surface area (Å²) >= 11 is 0. The summed E-state index contributed by atoms with van der Waals surface area (Å²) < 4.78 is 9.43. The molecule has 7 nitrogen and oxygen atoms in total. The van der Waals surface area contributed by atoms with Crippen molar-refractivity contribution < 1.29 is 11.0 Å². The van der Waals surface area contributed by atoms with Crippen LogP contribution in [0.5, 0.6) is 0 Å². The number of carbonyl (C=O) groups is 2. The lowest BCUT2D eigenvalue weighted by molar-refractivity contribution is -0.135. The SMILES string of the molecule is [2H][C@@]1(n2c(C)nc3cc(N)ccc3c2=O)CCC(=O)NC1=O. The number of rotatable bonds is 1. The summed E-state index contributed by atoms with van der Waals surface area (Å²) in [7, 11) is 0. The van der Waals surface area contributed by atoms with Crippen molar-refractivity contribution in [1.82, 2.24) is 14.9 Å². The number of benzene rings is 1. The summed E-state index contributed by atoms with van der Waals surface area (Å²) in [5, 5.41) is 2.38. The molecule has 1 aliphatic heterocycles. The minimum atomic E-state index is -1.88. The van der Waals surface area contributed by atoms with Crippen molar-refractivity contribution >= 4 is 28.4 Å². The highest BCUT2D eigenvalue weighted by Gasteiger charge is 2.30. The number of aromatic nitrogens is 2. The van der Waals surface area contributed by atoms with Gasteiger partial charge < -0.3 is 5.73 Å². The topological polar surface area (TPSA) is 107 Å². The monoisotopic (exact) mass is 287 g/mol. The zero-order valence-corrected chi connectivity index (χ0v) is 11.3. The summed E-state index contributed by atoms with van der Waals surface area (Å²) in [5.41, 5.74) is 6.06. The number of fused-ring (bicyclic) bond motifs is 1. The average molecular weight is 287 g/mol. The molecule has 0 aliphatic carbocycles. The van der Waals surface area contributed by atoms with Crippen LogP contribution in [0, 0.1) is 6.92 Å². The van der Waals surface area contributed by atoms with Gasteiger partial charge in [-0.3, -0.25) is 24.3 Å². The van der Waals surface area contributed by atoms with Crippen molar-refractivity contribution in [3.8, 4) is 0 Å². The highest BCUT2D eigenvalue weighted by atomic mass is 16.2. The van der Waals surface area contributed by atoms with Gasteiger partial charge in [0.15, 0.2) is 0 Å². The molecule has 7 heteroatoms. The molecule has 0 unspecified atom stereocenters. The van der Waals surface area contributed by atoms with Gasteiger partial charge in [-0.25, -0.2) is 4.98 Å². The van der Waals surface area contributed by atoms with Crippen LogP contribution in [0.15, 0.2) is 23.0 Å². The first-order chi connectivity index (χ1) is 10.3. The molecule has 3 rings (SSSR count). The third-order valence-electron chi connectivity index (χ3n) is 3.43. The van der Waals surface area contributed by atoms with Gasteiger partial charge in [0.05, 0.1) is 12.3 Å². The van der Waals surface area contributed by atoms with Crippen LogP contribution in [0.1, 0.15) is 26.1 Å². The fourth-order valence-electron chi connectivity index (χ4n) is 2.45. The minimum absolute atomic E-state index is 0.000888. The normalized spacial score (nSPS) is 23.0. The van der Waals surface area contributed by atoms with E-state index in [0.717, 1.165) is 4.57 Å². The predicted molar refractivity (Wildman–Crippen MR) is 76.6 cm³/mol. The molecule has 0 saturated carbocycles. The molecule has 3 N–H and O–H groups in total.